The molecule has 1 heterocycles. The Hall–Kier alpha value is -1.26. The molecule has 0 spiro atoms. The van der Waals surface area contributed by atoms with Crippen molar-refractivity contribution in [3.05, 3.63) is 0 Å². The van der Waals surface area contributed by atoms with Crippen LogP contribution in [0.15, 0.2) is 0 Å². The monoisotopic (exact) mass is 322 g/mol. The van der Waals surface area contributed by atoms with E-state index < -0.39 is 0 Å². The average Bonchev–Trinajstić information content (AvgIpc) is 3.17. The van der Waals surface area contributed by atoms with Crippen molar-refractivity contribution in [3.8, 4) is 0 Å². The summed E-state index contributed by atoms with van der Waals surface area (Å²) >= 11 is 0. The molecule has 0 radical (unpaired) electrons. The van der Waals surface area contributed by atoms with E-state index in [1.165, 1.54) is 19.3 Å². The summed E-state index contributed by atoms with van der Waals surface area (Å²) in [5, 5.41) is 3.18. The van der Waals surface area contributed by atoms with Crippen LogP contribution in [0.4, 0.5) is 4.79 Å². The van der Waals surface area contributed by atoms with E-state index in [1.54, 1.807) is 0 Å². The fraction of sp³-hybridized carbons (Fsp3) is 0.889. The summed E-state index contributed by atoms with van der Waals surface area (Å²) < 4.78 is 5.43. The van der Waals surface area contributed by atoms with Gasteiger partial charge in [0.05, 0.1) is 6.61 Å². The predicted molar refractivity (Wildman–Crippen MR) is 88.0 cm³/mol. The van der Waals surface area contributed by atoms with Crippen LogP contribution in [0.5, 0.6) is 0 Å². The van der Waals surface area contributed by atoms with Crippen LogP contribution in [0.2, 0.25) is 0 Å². The van der Waals surface area contributed by atoms with Gasteiger partial charge in [-0.15, -0.1) is 0 Å². The molecule has 2 bridgehead atoms. The summed E-state index contributed by atoms with van der Waals surface area (Å²) in [6.07, 6.45) is 10.7. The molecule has 1 aliphatic heterocycles. The van der Waals surface area contributed by atoms with E-state index >= 15 is 0 Å². The number of fused-ring (bicyclic) bond motifs is 2. The molecule has 3 aliphatic rings. The summed E-state index contributed by atoms with van der Waals surface area (Å²) in [6.45, 7) is 2.55. The summed E-state index contributed by atoms with van der Waals surface area (Å²) in [7, 11) is 0. The van der Waals surface area contributed by atoms with Crippen LogP contribution in [-0.4, -0.2) is 41.6 Å². The second-order valence-corrected chi connectivity index (χ2v) is 7.38. The fourth-order valence-electron chi connectivity index (χ4n) is 4.48. The minimum atomic E-state index is -0.353. The zero-order chi connectivity index (χ0) is 16.2. The van der Waals surface area contributed by atoms with E-state index in [4.69, 9.17) is 4.74 Å². The highest BCUT2D eigenvalue weighted by Crippen LogP contribution is 2.43. The molecule has 130 valence electrons. The van der Waals surface area contributed by atoms with Gasteiger partial charge < -0.3 is 15.0 Å². The number of amides is 2. The standard InChI is InChI=1S/C18H30N2O3/c1-2-3-11-23-17(21)16-13-9-10-15(12-13)20(16)18(22)19-14-7-5-4-6-8-14/h13-16H,2-12H2,1H3,(H,19,22)/t13-,15-,16-/m0/s1. The zero-order valence-electron chi connectivity index (χ0n) is 14.3. The number of unbranched alkanes of at least 4 members (excludes halogenated alkanes) is 1. The number of esters is 1. The van der Waals surface area contributed by atoms with E-state index in [-0.39, 0.29) is 30.1 Å². The molecule has 2 saturated carbocycles. The third kappa shape index (κ3) is 3.64. The van der Waals surface area contributed by atoms with Crippen molar-refractivity contribution in [2.45, 2.75) is 89.3 Å². The van der Waals surface area contributed by atoms with Gasteiger partial charge in [0.15, 0.2) is 0 Å². The van der Waals surface area contributed by atoms with Crippen LogP contribution in [0, 0.1) is 5.92 Å². The molecular weight excluding hydrogens is 292 g/mol. The van der Waals surface area contributed by atoms with Gasteiger partial charge in [0.25, 0.3) is 0 Å². The molecule has 0 aromatic carbocycles. The number of likely N-dealkylation sites (tertiary alicyclic amines) is 1. The van der Waals surface area contributed by atoms with Crippen molar-refractivity contribution in [1.82, 2.24) is 10.2 Å². The molecule has 2 aliphatic carbocycles. The van der Waals surface area contributed by atoms with Gasteiger partial charge in [0.2, 0.25) is 0 Å². The number of nitrogens with one attached hydrogen (secondary N) is 1. The number of nitrogens with zero attached hydrogens (tertiary/aromatic N) is 1. The van der Waals surface area contributed by atoms with Gasteiger partial charge in [0.1, 0.15) is 6.04 Å². The number of rotatable bonds is 5. The summed E-state index contributed by atoms with van der Waals surface area (Å²) in [5.74, 6) is 0.107. The SMILES string of the molecule is CCCCOC(=O)[C@@H]1[C@H]2CC[C@@H](C2)N1C(=O)NC1CCCCC1. The van der Waals surface area contributed by atoms with Crippen molar-refractivity contribution in [3.63, 3.8) is 0 Å². The number of piperidine rings is 1. The van der Waals surface area contributed by atoms with Crippen LogP contribution < -0.4 is 5.32 Å². The molecule has 1 N–H and O–H groups in total. The molecule has 1 saturated heterocycles. The second kappa shape index (κ2) is 7.54. The molecular formula is C18H30N2O3. The highest BCUT2D eigenvalue weighted by atomic mass is 16.5. The predicted octanol–water partition coefficient (Wildman–Crippen LogP) is 3.22. The first kappa shape index (κ1) is 16.6. The van der Waals surface area contributed by atoms with Crippen molar-refractivity contribution in [2.24, 2.45) is 5.92 Å². The number of carbonyl (C=O) groups is 2. The molecule has 5 heteroatoms. The Morgan fingerprint density at radius 1 is 1.13 bits per heavy atom. The lowest BCUT2D eigenvalue weighted by Crippen LogP contribution is -2.55. The topological polar surface area (TPSA) is 58.6 Å². The van der Waals surface area contributed by atoms with Gasteiger partial charge in [-0.1, -0.05) is 32.6 Å². The van der Waals surface area contributed by atoms with Gasteiger partial charge in [-0.05, 0) is 44.4 Å². The second-order valence-electron chi connectivity index (χ2n) is 7.38. The lowest BCUT2D eigenvalue weighted by molar-refractivity contribution is -0.150. The Balaban J connectivity index is 1.60. The smallest absolute Gasteiger partial charge is 0.329 e. The lowest BCUT2D eigenvalue weighted by Gasteiger charge is -2.35. The molecule has 3 atom stereocenters. The minimum Gasteiger partial charge on any atom is -0.464 e. The maximum absolute atomic E-state index is 12.8. The van der Waals surface area contributed by atoms with Crippen molar-refractivity contribution < 1.29 is 14.3 Å². The van der Waals surface area contributed by atoms with Crippen LogP contribution >= 0.6 is 0 Å². The Morgan fingerprint density at radius 2 is 1.91 bits per heavy atom. The Labute approximate surface area is 139 Å². The van der Waals surface area contributed by atoms with Gasteiger partial charge in [-0.3, -0.25) is 0 Å². The normalized spacial score (nSPS) is 30.5. The van der Waals surface area contributed by atoms with Crippen molar-refractivity contribution in [2.75, 3.05) is 6.61 Å². The number of ether oxygens (including phenoxy) is 1. The number of hydrogen-bond donors (Lipinski definition) is 1. The van der Waals surface area contributed by atoms with Crippen LogP contribution in [-0.2, 0) is 9.53 Å². The number of urea groups is 1. The van der Waals surface area contributed by atoms with Crippen LogP contribution in [0.25, 0.3) is 0 Å². The Kier molecular flexibility index (Phi) is 5.44. The Bertz CT molecular complexity index is 434. The summed E-state index contributed by atoms with van der Waals surface area (Å²) in [5.41, 5.74) is 0. The largest absolute Gasteiger partial charge is 0.464 e. The molecule has 2 amide bonds. The van der Waals surface area contributed by atoms with Crippen LogP contribution in [0.3, 0.4) is 0 Å². The van der Waals surface area contributed by atoms with E-state index in [0.717, 1.165) is 44.9 Å². The van der Waals surface area contributed by atoms with Gasteiger partial charge in [-0.25, -0.2) is 9.59 Å². The molecule has 5 nitrogen and oxygen atoms in total. The van der Waals surface area contributed by atoms with E-state index in [1.807, 2.05) is 4.90 Å². The maximum Gasteiger partial charge on any atom is 0.329 e. The summed E-state index contributed by atoms with van der Waals surface area (Å²) in [4.78, 5) is 27.0. The minimum absolute atomic E-state index is 0.0402. The lowest BCUT2D eigenvalue weighted by atomic mass is 9.95. The quantitative estimate of drug-likeness (QED) is 0.624. The third-order valence-corrected chi connectivity index (χ3v) is 5.74. The highest BCUT2D eigenvalue weighted by molar-refractivity contribution is 5.85. The van der Waals surface area contributed by atoms with E-state index in [0.29, 0.717) is 12.5 Å². The maximum atomic E-state index is 12.8. The fourth-order valence-corrected chi connectivity index (χ4v) is 4.48. The van der Waals surface area contributed by atoms with E-state index in [2.05, 4.69) is 12.2 Å². The van der Waals surface area contributed by atoms with Crippen LogP contribution in [0.1, 0.15) is 71.1 Å². The molecule has 3 fully saturated rings. The van der Waals surface area contributed by atoms with Gasteiger partial charge >= 0.3 is 12.0 Å². The zero-order valence-corrected chi connectivity index (χ0v) is 14.3. The van der Waals surface area contributed by atoms with Crippen molar-refractivity contribution in [1.29, 1.82) is 0 Å². The molecule has 0 unspecified atom stereocenters. The first-order valence-electron chi connectivity index (χ1n) is 9.46. The molecule has 0 aromatic rings. The number of hydrogen-bond acceptors (Lipinski definition) is 3. The molecule has 0 aromatic heterocycles. The molecule has 3 rings (SSSR count). The van der Waals surface area contributed by atoms with Crippen molar-refractivity contribution >= 4 is 12.0 Å². The Morgan fingerprint density at radius 3 is 2.65 bits per heavy atom. The highest BCUT2D eigenvalue weighted by Gasteiger charge is 2.52. The third-order valence-electron chi connectivity index (χ3n) is 5.74. The summed E-state index contributed by atoms with van der Waals surface area (Å²) in [6, 6.07) is 0.121. The average molecular weight is 322 g/mol. The van der Waals surface area contributed by atoms with E-state index in [9.17, 15) is 9.59 Å². The first-order chi connectivity index (χ1) is 11.2. The number of carbonyl (C=O) groups excluding carboxylic acids is 2. The molecule has 23 heavy (non-hydrogen) atoms. The first-order valence-corrected chi connectivity index (χ1v) is 9.46. The van der Waals surface area contributed by atoms with Gasteiger partial charge in [0, 0.05) is 12.1 Å². The van der Waals surface area contributed by atoms with Gasteiger partial charge in [-0.2, -0.15) is 0 Å².